The number of nitrogens with zero attached hydrogens (tertiary/aromatic N) is 2. The summed E-state index contributed by atoms with van der Waals surface area (Å²) in [6.07, 6.45) is 0. The smallest absolute Gasteiger partial charge is 0.268 e. The molecule has 186 valence electrons. The number of carbonyl (C=O) groups excluding carboxylic acids is 1. The van der Waals surface area contributed by atoms with E-state index >= 15 is 0 Å². The average Bonchev–Trinajstić information content (AvgIpc) is 2.86. The van der Waals surface area contributed by atoms with Crippen LogP contribution in [0, 0.1) is 6.92 Å². The van der Waals surface area contributed by atoms with Crippen LogP contribution in [0.3, 0.4) is 0 Å². The van der Waals surface area contributed by atoms with Crippen LogP contribution < -0.4 is 23.4 Å². The molecule has 35 heavy (non-hydrogen) atoms. The molecule has 1 amide bonds. The first kappa shape index (κ1) is 26.2. The van der Waals surface area contributed by atoms with Gasteiger partial charge in [0.1, 0.15) is 28.7 Å². The number of aryl methyl sites for hydroxylation is 1. The van der Waals surface area contributed by atoms with Gasteiger partial charge in [-0.05, 0) is 67.1 Å². The Hall–Kier alpha value is -3.43. The molecule has 0 heterocycles. The minimum atomic E-state index is -4.24. The molecule has 0 aromatic heterocycles. The lowest BCUT2D eigenvalue weighted by Crippen LogP contribution is -2.42. The molecule has 0 saturated heterocycles. The number of sulfonamides is 1. The maximum atomic E-state index is 13.9. The van der Waals surface area contributed by atoms with Crippen LogP contribution in [0.15, 0.2) is 65.6 Å². The summed E-state index contributed by atoms with van der Waals surface area (Å²) in [4.78, 5) is 14.6. The first-order valence-electron chi connectivity index (χ1n) is 10.5. The Kier molecular flexibility index (Phi) is 8.14. The van der Waals surface area contributed by atoms with Gasteiger partial charge in [-0.1, -0.05) is 17.7 Å². The molecule has 0 unspecified atom stereocenters. The largest absolute Gasteiger partial charge is 0.497 e. The molecular formula is C25H27ClN2O6S. The van der Waals surface area contributed by atoms with Crippen molar-refractivity contribution in [3.05, 3.63) is 71.2 Å². The molecular weight excluding hydrogens is 492 g/mol. The zero-order chi connectivity index (χ0) is 25.8. The number of hydrogen-bond donors (Lipinski definition) is 0. The van der Waals surface area contributed by atoms with E-state index in [4.69, 9.17) is 25.8 Å². The van der Waals surface area contributed by atoms with Crippen molar-refractivity contribution in [2.75, 3.05) is 44.1 Å². The SMILES string of the molecule is COc1ccc(N(C)C(=O)CN(c2ccc(OC)c(Cl)c2)S(=O)(=O)c2cc(C)ccc2OC)cc1. The van der Waals surface area contributed by atoms with Crippen molar-refractivity contribution in [3.63, 3.8) is 0 Å². The fourth-order valence-corrected chi connectivity index (χ4v) is 5.31. The lowest BCUT2D eigenvalue weighted by atomic mass is 10.2. The molecule has 3 rings (SSSR count). The average molecular weight is 519 g/mol. The van der Waals surface area contributed by atoms with E-state index in [0.29, 0.717) is 17.2 Å². The maximum Gasteiger partial charge on any atom is 0.268 e. The highest BCUT2D eigenvalue weighted by Gasteiger charge is 2.31. The van der Waals surface area contributed by atoms with Crippen molar-refractivity contribution in [2.45, 2.75) is 11.8 Å². The van der Waals surface area contributed by atoms with Crippen molar-refractivity contribution in [3.8, 4) is 17.2 Å². The van der Waals surface area contributed by atoms with Gasteiger partial charge in [0.2, 0.25) is 5.91 Å². The molecule has 0 aliphatic carbocycles. The van der Waals surface area contributed by atoms with Gasteiger partial charge in [0, 0.05) is 12.7 Å². The van der Waals surface area contributed by atoms with E-state index in [2.05, 4.69) is 0 Å². The Morgan fingerprint density at radius 3 is 2.03 bits per heavy atom. The van der Waals surface area contributed by atoms with E-state index in [9.17, 15) is 13.2 Å². The molecule has 0 spiro atoms. The van der Waals surface area contributed by atoms with Crippen LogP contribution in [-0.2, 0) is 14.8 Å². The fourth-order valence-electron chi connectivity index (χ4n) is 3.41. The number of methoxy groups -OCH3 is 3. The van der Waals surface area contributed by atoms with Gasteiger partial charge < -0.3 is 19.1 Å². The van der Waals surface area contributed by atoms with E-state index in [1.165, 1.54) is 37.3 Å². The van der Waals surface area contributed by atoms with E-state index in [1.807, 2.05) is 0 Å². The molecule has 0 fully saturated rings. The first-order chi connectivity index (χ1) is 16.6. The van der Waals surface area contributed by atoms with Crippen molar-refractivity contribution < 1.29 is 27.4 Å². The first-order valence-corrected chi connectivity index (χ1v) is 12.4. The summed E-state index contributed by atoms with van der Waals surface area (Å²) < 4.78 is 44.5. The zero-order valence-electron chi connectivity index (χ0n) is 20.1. The Bertz CT molecular complexity index is 1310. The molecule has 0 N–H and O–H groups in total. The van der Waals surface area contributed by atoms with Gasteiger partial charge in [-0.25, -0.2) is 8.42 Å². The number of amides is 1. The topological polar surface area (TPSA) is 85.4 Å². The van der Waals surface area contributed by atoms with Crippen LogP contribution in [0.25, 0.3) is 0 Å². The third-order valence-corrected chi connectivity index (χ3v) is 7.51. The lowest BCUT2D eigenvalue weighted by Gasteiger charge is -2.27. The van der Waals surface area contributed by atoms with Gasteiger partial charge in [0.05, 0.1) is 32.0 Å². The summed E-state index contributed by atoms with van der Waals surface area (Å²) >= 11 is 6.30. The monoisotopic (exact) mass is 518 g/mol. The molecule has 3 aromatic rings. The standard InChI is InChI=1S/C25H27ClN2O6S/c1-17-6-12-23(34-5)24(14-17)35(30,31)28(19-9-13-22(33-4)21(26)15-19)16-25(29)27(2)18-7-10-20(32-3)11-8-18/h6-15H,16H2,1-5H3. The van der Waals surface area contributed by atoms with Crippen LogP contribution in [0.1, 0.15) is 5.56 Å². The maximum absolute atomic E-state index is 13.9. The van der Waals surface area contributed by atoms with Crippen molar-refractivity contribution in [2.24, 2.45) is 0 Å². The van der Waals surface area contributed by atoms with E-state index in [-0.39, 0.29) is 21.4 Å². The van der Waals surface area contributed by atoms with Crippen molar-refractivity contribution >= 4 is 38.9 Å². The predicted molar refractivity (Wildman–Crippen MR) is 137 cm³/mol. The van der Waals surface area contributed by atoms with Crippen molar-refractivity contribution in [1.29, 1.82) is 0 Å². The molecule has 0 atom stereocenters. The Morgan fingerprint density at radius 2 is 1.46 bits per heavy atom. The summed E-state index contributed by atoms with van der Waals surface area (Å²) in [5, 5.41) is 0.206. The van der Waals surface area contributed by atoms with Gasteiger partial charge in [0.25, 0.3) is 10.0 Å². The van der Waals surface area contributed by atoms with E-state index in [0.717, 1.165) is 9.87 Å². The number of carbonyl (C=O) groups is 1. The summed E-state index contributed by atoms with van der Waals surface area (Å²) in [7, 11) is 1.73. The molecule has 0 radical (unpaired) electrons. The summed E-state index contributed by atoms with van der Waals surface area (Å²) in [5.41, 5.74) is 1.50. The second kappa shape index (κ2) is 10.9. The number of rotatable bonds is 9. The predicted octanol–water partition coefficient (Wildman–Crippen LogP) is 4.53. The van der Waals surface area contributed by atoms with Gasteiger partial charge in [-0.15, -0.1) is 0 Å². The minimum Gasteiger partial charge on any atom is -0.497 e. The highest BCUT2D eigenvalue weighted by molar-refractivity contribution is 7.93. The van der Waals surface area contributed by atoms with E-state index < -0.39 is 22.5 Å². The van der Waals surface area contributed by atoms with Gasteiger partial charge in [0.15, 0.2) is 0 Å². The highest BCUT2D eigenvalue weighted by atomic mass is 35.5. The number of ether oxygens (including phenoxy) is 3. The summed E-state index contributed by atoms with van der Waals surface area (Å²) in [6, 6.07) is 16.2. The van der Waals surface area contributed by atoms with Crippen LogP contribution in [-0.4, -0.2) is 49.2 Å². The minimum absolute atomic E-state index is 0.0631. The Balaban J connectivity index is 2.07. The number of halogens is 1. The highest BCUT2D eigenvalue weighted by Crippen LogP contribution is 2.35. The fraction of sp³-hybridized carbons (Fsp3) is 0.240. The van der Waals surface area contributed by atoms with Crippen molar-refractivity contribution in [1.82, 2.24) is 0 Å². The quantitative estimate of drug-likeness (QED) is 0.413. The normalized spacial score (nSPS) is 11.0. The Labute approximate surface area is 210 Å². The lowest BCUT2D eigenvalue weighted by molar-refractivity contribution is -0.116. The summed E-state index contributed by atoms with van der Waals surface area (Å²) in [6.45, 7) is 1.29. The number of hydrogen-bond acceptors (Lipinski definition) is 6. The number of likely N-dealkylation sites (N-methyl/N-ethyl adjacent to an activating group) is 1. The van der Waals surface area contributed by atoms with Gasteiger partial charge in [-0.3, -0.25) is 9.10 Å². The van der Waals surface area contributed by atoms with Gasteiger partial charge >= 0.3 is 0 Å². The third kappa shape index (κ3) is 5.63. The second-order valence-corrected chi connectivity index (χ2v) is 9.87. The number of anilines is 2. The molecule has 0 bridgehead atoms. The molecule has 3 aromatic carbocycles. The van der Waals surface area contributed by atoms with Gasteiger partial charge in [-0.2, -0.15) is 0 Å². The summed E-state index contributed by atoms with van der Waals surface area (Å²) in [5.74, 6) is 0.717. The zero-order valence-corrected chi connectivity index (χ0v) is 21.7. The molecule has 8 nitrogen and oxygen atoms in total. The van der Waals surface area contributed by atoms with Crippen LogP contribution in [0.2, 0.25) is 5.02 Å². The van der Waals surface area contributed by atoms with Crippen LogP contribution >= 0.6 is 11.6 Å². The third-order valence-electron chi connectivity index (χ3n) is 5.42. The van der Waals surface area contributed by atoms with E-state index in [1.54, 1.807) is 63.5 Å². The van der Waals surface area contributed by atoms with Crippen LogP contribution in [0.5, 0.6) is 17.2 Å². The number of benzene rings is 3. The Morgan fingerprint density at radius 1 is 0.857 bits per heavy atom. The second-order valence-electron chi connectivity index (χ2n) is 7.64. The molecule has 0 saturated carbocycles. The molecule has 0 aliphatic heterocycles. The molecule has 0 aliphatic rings. The van der Waals surface area contributed by atoms with Crippen LogP contribution in [0.4, 0.5) is 11.4 Å². The molecule has 10 heteroatoms.